The Morgan fingerprint density at radius 1 is 1.12 bits per heavy atom. The zero-order chi connectivity index (χ0) is 23.7. The monoisotopic (exact) mass is 449 g/mol. The molecule has 4 rings (SSSR count). The molecule has 1 aliphatic rings. The second kappa shape index (κ2) is 9.31. The van der Waals surface area contributed by atoms with Gasteiger partial charge >= 0.3 is 0 Å². The van der Waals surface area contributed by atoms with E-state index in [1.165, 1.54) is 0 Å². The van der Waals surface area contributed by atoms with Crippen LogP contribution in [0.1, 0.15) is 67.2 Å². The lowest BCUT2D eigenvalue weighted by molar-refractivity contribution is -0.123. The summed E-state index contributed by atoms with van der Waals surface area (Å²) < 4.78 is 8.00. The summed E-state index contributed by atoms with van der Waals surface area (Å²) in [5, 5.41) is 10.3. The van der Waals surface area contributed by atoms with Crippen molar-refractivity contribution in [1.29, 1.82) is 0 Å². The molecule has 2 amide bonds. The van der Waals surface area contributed by atoms with Gasteiger partial charge in [-0.2, -0.15) is 5.10 Å². The molecule has 1 saturated heterocycles. The zero-order valence-electron chi connectivity index (χ0n) is 19.8. The maximum absolute atomic E-state index is 12.8. The number of amides is 2. The van der Waals surface area contributed by atoms with E-state index in [0.29, 0.717) is 22.9 Å². The molecule has 0 unspecified atom stereocenters. The first-order valence-corrected chi connectivity index (χ1v) is 11.4. The average molecular weight is 450 g/mol. The van der Waals surface area contributed by atoms with Crippen LogP contribution in [0.15, 0.2) is 36.4 Å². The van der Waals surface area contributed by atoms with Crippen molar-refractivity contribution in [3.63, 3.8) is 0 Å². The largest absolute Gasteiger partial charge is 0.370 e. The number of anilines is 1. The second-order valence-electron chi connectivity index (χ2n) is 9.19. The molecule has 1 aliphatic heterocycles. The van der Waals surface area contributed by atoms with Crippen molar-refractivity contribution in [2.45, 2.75) is 65.7 Å². The van der Waals surface area contributed by atoms with Gasteiger partial charge in [-0.05, 0) is 56.4 Å². The van der Waals surface area contributed by atoms with Crippen LogP contribution in [0.2, 0.25) is 0 Å². The number of nitrogens with one attached hydrogen (secondary N) is 2. The van der Waals surface area contributed by atoms with Crippen LogP contribution >= 0.6 is 0 Å². The summed E-state index contributed by atoms with van der Waals surface area (Å²) in [6.07, 6.45) is 1.51. The first-order chi connectivity index (χ1) is 15.7. The maximum Gasteiger partial charge on any atom is 0.276 e. The molecule has 1 aromatic carbocycles. The van der Waals surface area contributed by atoms with Crippen molar-refractivity contribution in [1.82, 2.24) is 19.9 Å². The molecule has 0 aliphatic carbocycles. The smallest absolute Gasteiger partial charge is 0.276 e. The van der Waals surface area contributed by atoms with Gasteiger partial charge in [-0.15, -0.1) is 0 Å². The van der Waals surface area contributed by atoms with Gasteiger partial charge in [-0.3, -0.25) is 9.59 Å². The van der Waals surface area contributed by atoms with Crippen LogP contribution in [-0.4, -0.2) is 38.6 Å². The molecular formula is C25H31N5O3. The van der Waals surface area contributed by atoms with E-state index < -0.39 is 0 Å². The number of carbonyl (C=O) groups excluding carboxylic acids is 2. The Labute approximate surface area is 193 Å². The summed E-state index contributed by atoms with van der Waals surface area (Å²) in [4.78, 5) is 28.8. The summed E-state index contributed by atoms with van der Waals surface area (Å²) >= 11 is 0. The summed E-state index contributed by atoms with van der Waals surface area (Å²) in [7, 11) is 0. The highest BCUT2D eigenvalue weighted by atomic mass is 16.5. The predicted molar refractivity (Wildman–Crippen MR) is 126 cm³/mol. The minimum atomic E-state index is -0.287. The minimum Gasteiger partial charge on any atom is -0.370 e. The van der Waals surface area contributed by atoms with Crippen LogP contribution in [0.5, 0.6) is 0 Å². The van der Waals surface area contributed by atoms with E-state index in [-0.39, 0.29) is 30.1 Å². The fraction of sp³-hybridized carbons (Fsp3) is 0.440. The number of carbonyl (C=O) groups is 2. The maximum atomic E-state index is 12.8. The third-order valence-electron chi connectivity index (χ3n) is 6.01. The van der Waals surface area contributed by atoms with Crippen molar-refractivity contribution < 1.29 is 14.3 Å². The molecule has 3 atom stereocenters. The van der Waals surface area contributed by atoms with E-state index in [1.54, 1.807) is 17.5 Å². The molecule has 0 saturated carbocycles. The summed E-state index contributed by atoms with van der Waals surface area (Å²) in [6.45, 7) is 9.66. The molecule has 1 fully saturated rings. The zero-order valence-corrected chi connectivity index (χ0v) is 19.8. The average Bonchev–Trinajstić information content (AvgIpc) is 3.18. The Bertz CT molecular complexity index is 1170. The van der Waals surface area contributed by atoms with E-state index in [4.69, 9.17) is 4.74 Å². The number of hydrogen-bond acceptors (Lipinski definition) is 5. The summed E-state index contributed by atoms with van der Waals surface area (Å²) in [5.41, 5.74) is 4.47. The molecule has 0 bridgehead atoms. The number of ether oxygens (including phenoxy) is 1. The molecule has 8 heteroatoms. The Morgan fingerprint density at radius 3 is 2.52 bits per heavy atom. The number of aryl methyl sites for hydroxylation is 2. The van der Waals surface area contributed by atoms with Gasteiger partial charge in [0.25, 0.3) is 5.91 Å². The van der Waals surface area contributed by atoms with Gasteiger partial charge in [-0.1, -0.05) is 26.0 Å². The molecule has 8 nitrogen and oxygen atoms in total. The van der Waals surface area contributed by atoms with E-state index >= 15 is 0 Å². The van der Waals surface area contributed by atoms with Gasteiger partial charge in [0.05, 0.1) is 12.2 Å². The number of hydrogen-bond donors (Lipinski definition) is 2. The van der Waals surface area contributed by atoms with Gasteiger partial charge in [-0.25, -0.2) is 9.50 Å². The quantitative estimate of drug-likeness (QED) is 0.614. The number of fused-ring (bicyclic) bond motifs is 1. The van der Waals surface area contributed by atoms with Crippen LogP contribution in [0.25, 0.3) is 5.65 Å². The third kappa shape index (κ3) is 5.22. The van der Waals surface area contributed by atoms with Gasteiger partial charge in [0, 0.05) is 36.1 Å². The summed E-state index contributed by atoms with van der Waals surface area (Å²) in [6, 6.07) is 11.4. The van der Waals surface area contributed by atoms with Crippen molar-refractivity contribution in [3.05, 3.63) is 59.0 Å². The normalized spacial score (nSPS) is 20.7. The standard InChI is InChI=1S/C25H31N5O3/c1-14(2)22-11-20(27-17(5)31)12-23(33-22)18-6-8-19(9-7-18)28-25(32)21-13-24-26-15(3)10-16(4)30(24)29-21/h6-10,13-14,20,22-23H,11-12H2,1-5H3,(H,27,31)(H,28,32)/t20-,22-,23+/m1/s1. The van der Waals surface area contributed by atoms with E-state index in [0.717, 1.165) is 29.8 Å². The Kier molecular flexibility index (Phi) is 6.47. The van der Waals surface area contributed by atoms with Crippen LogP contribution in [0.4, 0.5) is 5.69 Å². The molecule has 3 heterocycles. The number of benzene rings is 1. The summed E-state index contributed by atoms with van der Waals surface area (Å²) in [5.74, 6) is 0.0495. The fourth-order valence-electron chi connectivity index (χ4n) is 4.38. The molecule has 33 heavy (non-hydrogen) atoms. The molecule has 2 N–H and O–H groups in total. The van der Waals surface area contributed by atoms with Gasteiger partial charge in [0.15, 0.2) is 11.3 Å². The van der Waals surface area contributed by atoms with Gasteiger partial charge in [0.1, 0.15) is 0 Å². The molecular weight excluding hydrogens is 418 g/mol. The highest BCUT2D eigenvalue weighted by Crippen LogP contribution is 2.34. The molecule has 0 spiro atoms. The van der Waals surface area contributed by atoms with Crippen molar-refractivity contribution in [3.8, 4) is 0 Å². The fourth-order valence-corrected chi connectivity index (χ4v) is 4.38. The van der Waals surface area contributed by atoms with Crippen LogP contribution in [0.3, 0.4) is 0 Å². The van der Waals surface area contributed by atoms with E-state index in [1.807, 2.05) is 44.2 Å². The van der Waals surface area contributed by atoms with Crippen molar-refractivity contribution in [2.24, 2.45) is 5.92 Å². The van der Waals surface area contributed by atoms with Gasteiger partial charge < -0.3 is 15.4 Å². The third-order valence-corrected chi connectivity index (χ3v) is 6.01. The topological polar surface area (TPSA) is 97.6 Å². The molecule has 174 valence electrons. The van der Waals surface area contributed by atoms with E-state index in [2.05, 4.69) is 34.6 Å². The van der Waals surface area contributed by atoms with Crippen LogP contribution in [-0.2, 0) is 9.53 Å². The van der Waals surface area contributed by atoms with Crippen LogP contribution in [0, 0.1) is 19.8 Å². The minimum absolute atomic E-state index is 0.0197. The SMILES string of the molecule is CC(=O)N[C@H]1C[C@@H](c2ccc(NC(=O)c3cc4nc(C)cc(C)n4n3)cc2)O[C@@H](C(C)C)C1. The highest BCUT2D eigenvalue weighted by Gasteiger charge is 2.32. The molecule has 0 radical (unpaired) electrons. The van der Waals surface area contributed by atoms with Crippen molar-refractivity contribution in [2.75, 3.05) is 5.32 Å². The Hall–Kier alpha value is -3.26. The lowest BCUT2D eigenvalue weighted by Gasteiger charge is -2.37. The van der Waals surface area contributed by atoms with Crippen LogP contribution < -0.4 is 10.6 Å². The Morgan fingerprint density at radius 2 is 1.85 bits per heavy atom. The number of aromatic nitrogens is 3. The predicted octanol–water partition coefficient (Wildman–Crippen LogP) is 3.98. The molecule has 3 aromatic rings. The lowest BCUT2D eigenvalue weighted by Crippen LogP contribution is -2.43. The second-order valence-corrected chi connectivity index (χ2v) is 9.19. The van der Waals surface area contributed by atoms with Gasteiger partial charge in [0.2, 0.25) is 5.91 Å². The number of nitrogens with zero attached hydrogens (tertiary/aromatic N) is 3. The number of rotatable bonds is 5. The lowest BCUT2D eigenvalue weighted by atomic mass is 9.90. The van der Waals surface area contributed by atoms with Crippen molar-refractivity contribution >= 4 is 23.1 Å². The molecule has 2 aromatic heterocycles. The highest BCUT2D eigenvalue weighted by molar-refractivity contribution is 6.03. The Balaban J connectivity index is 1.47. The van der Waals surface area contributed by atoms with E-state index in [9.17, 15) is 9.59 Å². The first kappa shape index (κ1) is 22.9. The first-order valence-electron chi connectivity index (χ1n) is 11.4.